The number of rotatable bonds is 2. The molecule has 0 radical (unpaired) electrons. The van der Waals surface area contributed by atoms with Crippen molar-refractivity contribution in [1.29, 1.82) is 0 Å². The highest BCUT2D eigenvalue weighted by Crippen LogP contribution is 2.37. The topological polar surface area (TPSA) is 108 Å². The van der Waals surface area contributed by atoms with Gasteiger partial charge in [-0.3, -0.25) is 14.5 Å². The van der Waals surface area contributed by atoms with E-state index >= 15 is 0 Å². The van der Waals surface area contributed by atoms with Gasteiger partial charge in [0.1, 0.15) is 0 Å². The van der Waals surface area contributed by atoms with E-state index in [9.17, 15) is 14.7 Å². The van der Waals surface area contributed by atoms with Crippen LogP contribution in [0.2, 0.25) is 0 Å². The predicted molar refractivity (Wildman–Crippen MR) is 140 cm³/mol. The Bertz CT molecular complexity index is 1250. The number of carbonyl (C=O) groups excluding carboxylic acids is 2. The molecular formula is C29H34N4O3. The summed E-state index contributed by atoms with van der Waals surface area (Å²) < 4.78 is 0. The van der Waals surface area contributed by atoms with E-state index in [0.29, 0.717) is 24.8 Å². The second-order valence-electron chi connectivity index (χ2n) is 10.2. The van der Waals surface area contributed by atoms with Gasteiger partial charge < -0.3 is 16.2 Å². The quantitative estimate of drug-likeness (QED) is 0.596. The lowest BCUT2D eigenvalue weighted by Gasteiger charge is -2.40. The number of hydrogen-bond donors (Lipinski definition) is 3. The van der Waals surface area contributed by atoms with Crippen LogP contribution in [-0.2, 0) is 11.2 Å². The minimum Gasteiger partial charge on any atom is -0.390 e. The number of nitrogens with zero attached hydrogens (tertiary/aromatic N) is 2. The number of aliphatic hydroxyl groups is 1. The molecule has 0 spiro atoms. The second kappa shape index (κ2) is 9.54. The summed E-state index contributed by atoms with van der Waals surface area (Å²) in [5.74, 6) is -0.0538. The Hall–Kier alpha value is -3.45. The highest BCUT2D eigenvalue weighted by Gasteiger charge is 2.40. The summed E-state index contributed by atoms with van der Waals surface area (Å²) in [6, 6.07) is 12.6. The van der Waals surface area contributed by atoms with E-state index in [4.69, 9.17) is 10.7 Å². The molecule has 3 aliphatic heterocycles. The van der Waals surface area contributed by atoms with Crippen LogP contribution in [0, 0.1) is 0 Å². The van der Waals surface area contributed by atoms with Crippen molar-refractivity contribution in [1.82, 2.24) is 10.2 Å². The van der Waals surface area contributed by atoms with Gasteiger partial charge in [0.15, 0.2) is 5.96 Å². The molecule has 0 unspecified atom stereocenters. The maximum atomic E-state index is 13.5. The van der Waals surface area contributed by atoms with Gasteiger partial charge in [-0.1, -0.05) is 50.3 Å². The number of guanidine groups is 1. The molecule has 4 aliphatic rings. The molecule has 1 aliphatic carbocycles. The Labute approximate surface area is 212 Å². The first-order valence-corrected chi connectivity index (χ1v) is 12.9. The first kappa shape index (κ1) is 24.3. The number of nitrogens with one attached hydrogen (secondary N) is 1. The van der Waals surface area contributed by atoms with Gasteiger partial charge in [-0.05, 0) is 66.1 Å². The summed E-state index contributed by atoms with van der Waals surface area (Å²) in [5.41, 5.74) is 10.3. The molecule has 0 aromatic heterocycles. The molecular weight excluding hydrogens is 452 g/mol. The maximum Gasteiger partial charge on any atom is 0.251 e. The summed E-state index contributed by atoms with van der Waals surface area (Å²) in [6.07, 6.45) is 7.15. The number of carbonyl (C=O) groups is 2. The Morgan fingerprint density at radius 1 is 1.19 bits per heavy atom. The molecule has 4 N–H and O–H groups in total. The third kappa shape index (κ3) is 4.32. The SMILES string of the molecule is CC[C@@H]1c2cccc(c2)C(=O)N[C@@H]2c3cc(ccc3C[C@H]2O)/C=C/CC[C@]2(CC)CC(=O)N1C(N)=N2. The first-order valence-electron chi connectivity index (χ1n) is 12.9. The van der Waals surface area contributed by atoms with Gasteiger partial charge in [0.2, 0.25) is 5.91 Å². The smallest absolute Gasteiger partial charge is 0.251 e. The van der Waals surface area contributed by atoms with Crippen molar-refractivity contribution in [3.8, 4) is 0 Å². The van der Waals surface area contributed by atoms with E-state index in [1.54, 1.807) is 11.0 Å². The van der Waals surface area contributed by atoms with Crippen LogP contribution in [0.25, 0.3) is 6.08 Å². The largest absolute Gasteiger partial charge is 0.390 e. The molecule has 0 fully saturated rings. The Morgan fingerprint density at radius 2 is 2.03 bits per heavy atom. The molecule has 7 nitrogen and oxygen atoms in total. The molecule has 0 saturated carbocycles. The van der Waals surface area contributed by atoms with Crippen molar-refractivity contribution in [3.63, 3.8) is 0 Å². The third-order valence-corrected chi connectivity index (χ3v) is 7.93. The number of aliphatic hydroxyl groups excluding tert-OH is 1. The van der Waals surface area contributed by atoms with E-state index < -0.39 is 17.7 Å². The van der Waals surface area contributed by atoms with Gasteiger partial charge in [0.25, 0.3) is 5.91 Å². The molecule has 3 heterocycles. The van der Waals surface area contributed by atoms with E-state index in [1.165, 1.54) is 0 Å². The van der Waals surface area contributed by atoms with Gasteiger partial charge in [-0.25, -0.2) is 4.99 Å². The predicted octanol–water partition coefficient (Wildman–Crippen LogP) is 4.03. The average Bonchev–Trinajstić information content (AvgIpc) is 3.17. The van der Waals surface area contributed by atoms with Crippen molar-refractivity contribution in [2.45, 2.75) is 76.1 Å². The number of allylic oxidation sites excluding steroid dienone is 1. The number of nitrogens with two attached hydrogens (primary N) is 1. The zero-order valence-electron chi connectivity index (χ0n) is 20.9. The van der Waals surface area contributed by atoms with E-state index in [2.05, 4.69) is 24.4 Å². The zero-order valence-corrected chi connectivity index (χ0v) is 20.9. The van der Waals surface area contributed by atoms with Gasteiger partial charge in [0, 0.05) is 12.0 Å². The van der Waals surface area contributed by atoms with Crippen LogP contribution in [0.3, 0.4) is 0 Å². The lowest BCUT2D eigenvalue weighted by atomic mass is 9.85. The number of amides is 2. The van der Waals surface area contributed by atoms with E-state index in [0.717, 1.165) is 41.5 Å². The number of hydrogen-bond acceptors (Lipinski definition) is 5. The molecule has 188 valence electrons. The van der Waals surface area contributed by atoms with Crippen LogP contribution < -0.4 is 11.1 Å². The second-order valence-corrected chi connectivity index (χ2v) is 10.2. The van der Waals surface area contributed by atoms with Crippen molar-refractivity contribution < 1.29 is 14.7 Å². The fourth-order valence-corrected chi connectivity index (χ4v) is 5.86. The lowest BCUT2D eigenvalue weighted by molar-refractivity contribution is -0.131. The Kier molecular flexibility index (Phi) is 6.43. The Morgan fingerprint density at radius 3 is 2.78 bits per heavy atom. The van der Waals surface area contributed by atoms with Crippen LogP contribution in [-0.4, -0.2) is 39.4 Å². The minimum atomic E-state index is -0.680. The highest BCUT2D eigenvalue weighted by molar-refractivity contribution is 6.00. The van der Waals surface area contributed by atoms with Gasteiger partial charge >= 0.3 is 0 Å². The lowest BCUT2D eigenvalue weighted by Crippen LogP contribution is -2.52. The summed E-state index contributed by atoms with van der Waals surface area (Å²) >= 11 is 0. The molecule has 0 saturated heterocycles. The highest BCUT2D eigenvalue weighted by atomic mass is 16.3. The summed E-state index contributed by atoms with van der Waals surface area (Å²) in [4.78, 5) is 33.2. The standard InChI is InChI=1S/C29H34N4O3/c1-3-23-20-9-7-10-21(15-20)27(36)31-26-22-14-18(11-12-19(22)16-24(26)34)8-5-6-13-29(4-2)17-25(35)33(23)28(30)32-29/h5,7-12,14-15,23-24,26,34H,3-4,6,13,16-17H2,1-2H3,(H2,30,32)(H,31,36)/b8-5+/t23-,24-,26-,29-/m1/s1. The summed E-state index contributed by atoms with van der Waals surface area (Å²) in [6.45, 7) is 4.06. The normalized spacial score (nSPS) is 28.8. The maximum absolute atomic E-state index is 13.5. The van der Waals surface area contributed by atoms with Gasteiger partial charge in [0.05, 0.1) is 30.1 Å². The van der Waals surface area contributed by atoms with E-state index in [-0.39, 0.29) is 23.8 Å². The van der Waals surface area contributed by atoms with Crippen LogP contribution in [0.4, 0.5) is 0 Å². The van der Waals surface area contributed by atoms with Crippen LogP contribution in [0.1, 0.15) is 90.6 Å². The van der Waals surface area contributed by atoms with Crippen molar-refractivity contribution in [2.75, 3.05) is 0 Å². The Balaban J connectivity index is 1.60. The average molecular weight is 487 g/mol. The molecule has 6 bridgehead atoms. The molecule has 36 heavy (non-hydrogen) atoms. The van der Waals surface area contributed by atoms with E-state index in [1.807, 2.05) is 43.3 Å². The molecule has 7 heteroatoms. The van der Waals surface area contributed by atoms with Gasteiger partial charge in [-0.15, -0.1) is 0 Å². The number of aliphatic imine (C=N–C) groups is 1. The summed E-state index contributed by atoms with van der Waals surface area (Å²) in [5, 5.41) is 13.8. The van der Waals surface area contributed by atoms with Gasteiger partial charge in [-0.2, -0.15) is 0 Å². The number of fused-ring (bicyclic) bond motifs is 4. The van der Waals surface area contributed by atoms with Crippen LogP contribution in [0.15, 0.2) is 53.5 Å². The van der Waals surface area contributed by atoms with Crippen molar-refractivity contribution in [3.05, 3.63) is 76.4 Å². The monoisotopic (exact) mass is 486 g/mol. The first-order chi connectivity index (χ1) is 17.3. The number of benzene rings is 2. The van der Waals surface area contributed by atoms with Crippen LogP contribution in [0.5, 0.6) is 0 Å². The fourth-order valence-electron chi connectivity index (χ4n) is 5.86. The molecule has 4 atom stereocenters. The van der Waals surface area contributed by atoms with Crippen molar-refractivity contribution >= 4 is 23.8 Å². The summed E-state index contributed by atoms with van der Waals surface area (Å²) in [7, 11) is 0. The molecule has 2 amide bonds. The fraction of sp³-hybridized carbons (Fsp3) is 0.414. The third-order valence-electron chi connectivity index (χ3n) is 7.93. The molecule has 2 aromatic carbocycles. The minimum absolute atomic E-state index is 0.0366. The zero-order chi connectivity index (χ0) is 25.4. The molecule has 6 rings (SSSR count). The van der Waals surface area contributed by atoms with Crippen LogP contribution >= 0.6 is 0 Å². The molecule has 2 aromatic rings. The van der Waals surface area contributed by atoms with Crippen molar-refractivity contribution in [2.24, 2.45) is 10.7 Å².